The quantitative estimate of drug-likeness (QED) is 0.732. The van der Waals surface area contributed by atoms with Crippen molar-refractivity contribution in [2.24, 2.45) is 0 Å². The first-order chi connectivity index (χ1) is 6.13. The van der Waals surface area contributed by atoms with Gasteiger partial charge in [-0.2, -0.15) is 0 Å². The predicted octanol–water partition coefficient (Wildman–Crippen LogP) is 1.11. The Kier molecular flexibility index (Phi) is 3.03. The van der Waals surface area contributed by atoms with Gasteiger partial charge in [0, 0.05) is 0 Å². The van der Waals surface area contributed by atoms with Gasteiger partial charge in [0.2, 0.25) is 0 Å². The molecule has 3 heteroatoms. The van der Waals surface area contributed by atoms with Crippen LogP contribution in [0.25, 0.3) is 0 Å². The van der Waals surface area contributed by atoms with Crippen LogP contribution < -0.4 is 0 Å². The molecule has 0 aliphatic carbocycles. The van der Waals surface area contributed by atoms with Crippen LogP contribution in [-0.2, 0) is 17.8 Å². The number of hydrogen-bond donors (Lipinski definition) is 2. The van der Waals surface area contributed by atoms with Crippen molar-refractivity contribution in [2.45, 2.75) is 20.0 Å². The SMILES string of the molecule is Cc1ccc(CO)c(CC(=O)O)c1. The molecule has 13 heavy (non-hydrogen) atoms. The largest absolute Gasteiger partial charge is 0.481 e. The lowest BCUT2D eigenvalue weighted by Gasteiger charge is -2.05. The van der Waals surface area contributed by atoms with Crippen molar-refractivity contribution in [1.29, 1.82) is 0 Å². The van der Waals surface area contributed by atoms with E-state index < -0.39 is 5.97 Å². The third kappa shape index (κ3) is 2.56. The molecule has 0 atom stereocenters. The molecule has 0 amide bonds. The van der Waals surface area contributed by atoms with Crippen molar-refractivity contribution in [3.8, 4) is 0 Å². The van der Waals surface area contributed by atoms with Crippen molar-refractivity contribution in [2.75, 3.05) is 0 Å². The second-order valence-corrected chi connectivity index (χ2v) is 3.00. The summed E-state index contributed by atoms with van der Waals surface area (Å²) in [7, 11) is 0. The van der Waals surface area contributed by atoms with Crippen molar-refractivity contribution < 1.29 is 15.0 Å². The van der Waals surface area contributed by atoms with Gasteiger partial charge in [-0.15, -0.1) is 0 Å². The normalized spacial score (nSPS) is 10.0. The molecule has 0 unspecified atom stereocenters. The zero-order valence-corrected chi connectivity index (χ0v) is 7.45. The lowest BCUT2D eigenvalue weighted by Crippen LogP contribution is -2.04. The molecule has 0 aromatic heterocycles. The number of carbonyl (C=O) groups is 1. The second-order valence-electron chi connectivity index (χ2n) is 3.00. The Hall–Kier alpha value is -1.35. The van der Waals surface area contributed by atoms with Gasteiger partial charge in [-0.25, -0.2) is 0 Å². The summed E-state index contributed by atoms with van der Waals surface area (Å²) < 4.78 is 0. The molecule has 1 aromatic rings. The smallest absolute Gasteiger partial charge is 0.307 e. The van der Waals surface area contributed by atoms with Crippen LogP contribution >= 0.6 is 0 Å². The van der Waals surface area contributed by atoms with E-state index in [9.17, 15) is 4.79 Å². The third-order valence-corrected chi connectivity index (χ3v) is 1.87. The van der Waals surface area contributed by atoms with Crippen LogP contribution in [0.4, 0.5) is 0 Å². The Bertz CT molecular complexity index is 318. The molecule has 1 rings (SSSR count). The van der Waals surface area contributed by atoms with E-state index in [-0.39, 0.29) is 13.0 Å². The molecule has 2 N–H and O–H groups in total. The van der Waals surface area contributed by atoms with Gasteiger partial charge >= 0.3 is 5.97 Å². The molecule has 70 valence electrons. The van der Waals surface area contributed by atoms with Crippen molar-refractivity contribution in [3.63, 3.8) is 0 Å². The van der Waals surface area contributed by atoms with Crippen LogP contribution in [0.3, 0.4) is 0 Å². The maximum atomic E-state index is 10.5. The number of aliphatic carboxylic acids is 1. The minimum Gasteiger partial charge on any atom is -0.481 e. The number of carboxylic acid groups (broad SMARTS) is 1. The number of benzene rings is 1. The summed E-state index contributed by atoms with van der Waals surface area (Å²) in [4.78, 5) is 10.5. The summed E-state index contributed by atoms with van der Waals surface area (Å²) in [5.41, 5.74) is 2.39. The van der Waals surface area contributed by atoms with Crippen molar-refractivity contribution in [1.82, 2.24) is 0 Å². The zero-order valence-electron chi connectivity index (χ0n) is 7.45. The van der Waals surface area contributed by atoms with Crippen LogP contribution in [0.1, 0.15) is 16.7 Å². The molecule has 3 nitrogen and oxygen atoms in total. The first-order valence-corrected chi connectivity index (χ1v) is 4.04. The molecule has 0 bridgehead atoms. The lowest BCUT2D eigenvalue weighted by atomic mass is 10.0. The molecular formula is C10H12O3. The highest BCUT2D eigenvalue weighted by atomic mass is 16.4. The van der Waals surface area contributed by atoms with Gasteiger partial charge in [0.1, 0.15) is 0 Å². The van der Waals surface area contributed by atoms with E-state index in [4.69, 9.17) is 10.2 Å². The van der Waals surface area contributed by atoms with Gasteiger partial charge in [-0.05, 0) is 18.1 Å². The third-order valence-electron chi connectivity index (χ3n) is 1.87. The second kappa shape index (κ2) is 4.05. The topological polar surface area (TPSA) is 57.5 Å². The van der Waals surface area contributed by atoms with Crippen LogP contribution in [0.2, 0.25) is 0 Å². The lowest BCUT2D eigenvalue weighted by molar-refractivity contribution is -0.136. The van der Waals surface area contributed by atoms with E-state index >= 15 is 0 Å². The average molecular weight is 180 g/mol. The summed E-state index contributed by atoms with van der Waals surface area (Å²) in [6.07, 6.45) is -0.0302. The summed E-state index contributed by atoms with van der Waals surface area (Å²) >= 11 is 0. The molecule has 0 aliphatic heterocycles. The first-order valence-electron chi connectivity index (χ1n) is 4.04. The average Bonchev–Trinajstić information content (AvgIpc) is 2.03. The fourth-order valence-corrected chi connectivity index (χ4v) is 1.24. The van der Waals surface area contributed by atoms with Crippen LogP contribution in [0.5, 0.6) is 0 Å². The zero-order chi connectivity index (χ0) is 9.84. The van der Waals surface area contributed by atoms with Gasteiger partial charge < -0.3 is 10.2 Å². The molecule has 0 spiro atoms. The molecule has 0 saturated heterocycles. The molecule has 0 radical (unpaired) electrons. The van der Waals surface area contributed by atoms with Crippen LogP contribution in [-0.4, -0.2) is 16.2 Å². The van der Waals surface area contributed by atoms with E-state index in [0.717, 1.165) is 5.56 Å². The van der Waals surface area contributed by atoms with Crippen molar-refractivity contribution in [3.05, 3.63) is 34.9 Å². The van der Waals surface area contributed by atoms with Gasteiger partial charge in [-0.3, -0.25) is 4.79 Å². The molecular weight excluding hydrogens is 168 g/mol. The standard InChI is InChI=1S/C10H12O3/c1-7-2-3-8(6-11)9(4-7)5-10(12)13/h2-4,11H,5-6H2,1H3,(H,12,13). The Balaban J connectivity index is 3.01. The van der Waals surface area contributed by atoms with Gasteiger partial charge in [0.05, 0.1) is 13.0 Å². The van der Waals surface area contributed by atoms with Gasteiger partial charge in [-0.1, -0.05) is 23.8 Å². The van der Waals surface area contributed by atoms with E-state index in [2.05, 4.69) is 0 Å². The summed E-state index contributed by atoms with van der Waals surface area (Å²) in [6, 6.07) is 5.41. The molecule has 0 aliphatic rings. The molecule has 0 heterocycles. The maximum absolute atomic E-state index is 10.5. The number of carboxylic acids is 1. The van der Waals surface area contributed by atoms with Gasteiger partial charge in [0.15, 0.2) is 0 Å². The Morgan fingerprint density at radius 3 is 2.62 bits per heavy atom. The monoisotopic (exact) mass is 180 g/mol. The molecule has 0 saturated carbocycles. The first kappa shape index (κ1) is 9.74. The number of aliphatic hydroxyl groups excluding tert-OH is 1. The Morgan fingerprint density at radius 1 is 1.38 bits per heavy atom. The van der Waals surface area contributed by atoms with Gasteiger partial charge in [0.25, 0.3) is 0 Å². The van der Waals surface area contributed by atoms with E-state index in [1.54, 1.807) is 12.1 Å². The van der Waals surface area contributed by atoms with Crippen molar-refractivity contribution >= 4 is 5.97 Å². The summed E-state index contributed by atoms with van der Waals surface area (Å²) in [5, 5.41) is 17.5. The highest BCUT2D eigenvalue weighted by molar-refractivity contribution is 5.70. The highest BCUT2D eigenvalue weighted by Crippen LogP contribution is 2.12. The highest BCUT2D eigenvalue weighted by Gasteiger charge is 2.05. The number of rotatable bonds is 3. The predicted molar refractivity (Wildman–Crippen MR) is 48.4 cm³/mol. The minimum atomic E-state index is -0.875. The number of aryl methyl sites for hydroxylation is 1. The van der Waals surface area contributed by atoms with E-state index in [1.807, 2.05) is 13.0 Å². The summed E-state index contributed by atoms with van der Waals surface area (Å²) in [5.74, 6) is -0.875. The fraction of sp³-hybridized carbons (Fsp3) is 0.300. The van der Waals surface area contributed by atoms with Crippen LogP contribution in [0, 0.1) is 6.92 Å². The number of aliphatic hydroxyl groups is 1. The maximum Gasteiger partial charge on any atom is 0.307 e. The van der Waals surface area contributed by atoms with Crippen LogP contribution in [0.15, 0.2) is 18.2 Å². The number of hydrogen-bond acceptors (Lipinski definition) is 2. The minimum absolute atomic E-state index is 0.0302. The summed E-state index contributed by atoms with van der Waals surface area (Å²) in [6.45, 7) is 1.79. The Labute approximate surface area is 76.6 Å². The van der Waals surface area contributed by atoms with E-state index in [1.165, 1.54) is 0 Å². The molecule has 1 aromatic carbocycles. The molecule has 0 fully saturated rings. The Morgan fingerprint density at radius 2 is 2.08 bits per heavy atom. The van der Waals surface area contributed by atoms with E-state index in [0.29, 0.717) is 11.1 Å². The fourth-order valence-electron chi connectivity index (χ4n) is 1.24.